The van der Waals surface area contributed by atoms with Crippen molar-refractivity contribution in [3.05, 3.63) is 41.1 Å². The molecule has 1 rings (SSSR count). The van der Waals surface area contributed by atoms with Gasteiger partial charge in [-0.25, -0.2) is 9.59 Å². The fraction of sp³-hybridized carbons (Fsp3) is 0.167. The highest BCUT2D eigenvalue weighted by molar-refractivity contribution is 6.30. The Morgan fingerprint density at radius 3 is 2.50 bits per heavy atom. The molecule has 0 spiro atoms. The minimum Gasteiger partial charge on any atom is -0.477 e. The molecule has 0 heterocycles. The van der Waals surface area contributed by atoms with Crippen LogP contribution in [0.25, 0.3) is 0 Å². The van der Waals surface area contributed by atoms with Gasteiger partial charge in [-0.15, -0.1) is 0 Å². The van der Waals surface area contributed by atoms with Gasteiger partial charge in [0.15, 0.2) is 5.57 Å². The molecule has 5 nitrogen and oxygen atoms in total. The quantitative estimate of drug-likeness (QED) is 0.371. The standard InChI is InChI=1S/C12H12ClNO4/c1-2-18-12(17)10(11(15)16)7-14-9-5-3-8(13)4-6-9/h3-7,14H,2H2,1H3,(H,15,16)/b10-7+. The third-order valence-corrected chi connectivity index (χ3v) is 2.21. The third-order valence-electron chi connectivity index (χ3n) is 1.95. The number of aliphatic carboxylic acids is 1. The summed E-state index contributed by atoms with van der Waals surface area (Å²) in [6.45, 7) is 1.72. The van der Waals surface area contributed by atoms with Gasteiger partial charge in [-0.2, -0.15) is 0 Å². The van der Waals surface area contributed by atoms with Gasteiger partial charge >= 0.3 is 11.9 Å². The minimum atomic E-state index is -1.35. The Balaban J connectivity index is 2.80. The van der Waals surface area contributed by atoms with Crippen LogP contribution in [0.1, 0.15) is 6.92 Å². The van der Waals surface area contributed by atoms with Crippen LogP contribution in [0.4, 0.5) is 5.69 Å². The van der Waals surface area contributed by atoms with Crippen molar-refractivity contribution in [2.75, 3.05) is 11.9 Å². The maximum absolute atomic E-state index is 11.3. The third kappa shape index (κ3) is 4.10. The first-order valence-electron chi connectivity index (χ1n) is 5.17. The number of carbonyl (C=O) groups is 2. The van der Waals surface area contributed by atoms with E-state index >= 15 is 0 Å². The second-order valence-corrected chi connectivity index (χ2v) is 3.67. The van der Waals surface area contributed by atoms with Gasteiger partial charge < -0.3 is 15.2 Å². The smallest absolute Gasteiger partial charge is 0.347 e. The second-order valence-electron chi connectivity index (χ2n) is 3.23. The van der Waals surface area contributed by atoms with E-state index in [1.54, 1.807) is 31.2 Å². The number of benzene rings is 1. The van der Waals surface area contributed by atoms with Crippen molar-refractivity contribution in [2.24, 2.45) is 0 Å². The molecule has 1 aromatic rings. The second kappa shape index (κ2) is 6.66. The van der Waals surface area contributed by atoms with Gasteiger partial charge in [0.1, 0.15) is 0 Å². The SMILES string of the molecule is CCOC(=O)/C(=C/Nc1ccc(Cl)cc1)C(=O)O. The van der Waals surface area contributed by atoms with Crippen molar-refractivity contribution in [1.82, 2.24) is 0 Å². The van der Waals surface area contributed by atoms with Crippen molar-refractivity contribution < 1.29 is 19.4 Å². The largest absolute Gasteiger partial charge is 0.477 e. The average molecular weight is 270 g/mol. The van der Waals surface area contributed by atoms with Crippen LogP contribution in [0.2, 0.25) is 5.02 Å². The van der Waals surface area contributed by atoms with Crippen LogP contribution in [-0.4, -0.2) is 23.7 Å². The maximum Gasteiger partial charge on any atom is 0.347 e. The number of rotatable bonds is 5. The topological polar surface area (TPSA) is 75.6 Å². The summed E-state index contributed by atoms with van der Waals surface area (Å²) in [7, 11) is 0. The molecule has 0 aliphatic heterocycles. The van der Waals surface area contributed by atoms with E-state index in [4.69, 9.17) is 16.7 Å². The lowest BCUT2D eigenvalue weighted by molar-refractivity contribution is -0.143. The number of halogens is 1. The molecule has 0 amide bonds. The summed E-state index contributed by atoms with van der Waals surface area (Å²) in [5.74, 6) is -2.23. The molecule has 0 saturated heterocycles. The van der Waals surface area contributed by atoms with E-state index in [1.807, 2.05) is 0 Å². The molecule has 1 aromatic carbocycles. The Morgan fingerprint density at radius 2 is 2.00 bits per heavy atom. The number of esters is 1. The Labute approximate surface area is 109 Å². The average Bonchev–Trinajstić information content (AvgIpc) is 2.31. The van der Waals surface area contributed by atoms with Crippen LogP contribution < -0.4 is 5.32 Å². The number of hydrogen-bond donors (Lipinski definition) is 2. The lowest BCUT2D eigenvalue weighted by atomic mass is 10.3. The number of anilines is 1. The van der Waals surface area contributed by atoms with Crippen molar-refractivity contribution in [3.8, 4) is 0 Å². The number of hydrogen-bond acceptors (Lipinski definition) is 4. The van der Waals surface area contributed by atoms with E-state index in [1.165, 1.54) is 0 Å². The Morgan fingerprint density at radius 1 is 1.39 bits per heavy atom. The van der Waals surface area contributed by atoms with Crippen LogP contribution >= 0.6 is 11.6 Å². The van der Waals surface area contributed by atoms with Crippen molar-refractivity contribution in [3.63, 3.8) is 0 Å². The summed E-state index contributed by atoms with van der Waals surface area (Å²) in [4.78, 5) is 22.2. The molecule has 0 aliphatic rings. The number of carboxylic acids is 1. The zero-order valence-electron chi connectivity index (χ0n) is 9.64. The Bertz CT molecular complexity index is 467. The molecule has 96 valence electrons. The molecule has 0 aromatic heterocycles. The molecule has 0 fully saturated rings. The first-order chi connectivity index (χ1) is 8.54. The van der Waals surface area contributed by atoms with Gasteiger partial charge in [0.05, 0.1) is 6.61 Å². The maximum atomic E-state index is 11.3. The van der Waals surface area contributed by atoms with E-state index in [2.05, 4.69) is 10.1 Å². The molecular weight excluding hydrogens is 258 g/mol. The first kappa shape index (κ1) is 14.1. The monoisotopic (exact) mass is 269 g/mol. The van der Waals surface area contributed by atoms with Crippen molar-refractivity contribution in [1.29, 1.82) is 0 Å². The van der Waals surface area contributed by atoms with Crippen LogP contribution in [0.3, 0.4) is 0 Å². The van der Waals surface area contributed by atoms with E-state index in [0.29, 0.717) is 10.7 Å². The van der Waals surface area contributed by atoms with Gasteiger partial charge in [0.25, 0.3) is 0 Å². The summed E-state index contributed by atoms with van der Waals surface area (Å²) in [6.07, 6.45) is 1.09. The summed E-state index contributed by atoms with van der Waals surface area (Å²) < 4.78 is 4.62. The molecule has 2 N–H and O–H groups in total. The molecule has 0 aliphatic carbocycles. The normalized spacial score (nSPS) is 10.9. The lowest BCUT2D eigenvalue weighted by Crippen LogP contribution is -2.16. The number of nitrogens with one attached hydrogen (secondary N) is 1. The minimum absolute atomic E-state index is 0.115. The van der Waals surface area contributed by atoms with Crippen LogP contribution in [-0.2, 0) is 14.3 Å². The van der Waals surface area contributed by atoms with Crippen molar-refractivity contribution in [2.45, 2.75) is 6.92 Å². The summed E-state index contributed by atoms with van der Waals surface area (Å²) in [5.41, 5.74) is 0.147. The molecule has 18 heavy (non-hydrogen) atoms. The van der Waals surface area contributed by atoms with Gasteiger partial charge in [-0.05, 0) is 31.2 Å². The van der Waals surface area contributed by atoms with E-state index in [0.717, 1.165) is 6.20 Å². The van der Waals surface area contributed by atoms with Crippen LogP contribution in [0.5, 0.6) is 0 Å². The molecule has 0 radical (unpaired) electrons. The van der Waals surface area contributed by atoms with Gasteiger partial charge in [0, 0.05) is 16.9 Å². The van der Waals surface area contributed by atoms with Crippen LogP contribution in [0, 0.1) is 0 Å². The van der Waals surface area contributed by atoms with Gasteiger partial charge in [-0.3, -0.25) is 0 Å². The van der Waals surface area contributed by atoms with E-state index in [9.17, 15) is 9.59 Å². The zero-order valence-corrected chi connectivity index (χ0v) is 10.4. The predicted molar refractivity (Wildman–Crippen MR) is 67.4 cm³/mol. The fourth-order valence-corrected chi connectivity index (χ4v) is 1.24. The highest BCUT2D eigenvalue weighted by Crippen LogP contribution is 2.13. The molecule has 0 unspecified atom stereocenters. The zero-order chi connectivity index (χ0) is 13.5. The first-order valence-corrected chi connectivity index (χ1v) is 5.55. The Kier molecular flexibility index (Phi) is 5.20. The summed E-state index contributed by atoms with van der Waals surface area (Å²) >= 11 is 5.71. The molecule has 0 atom stereocenters. The summed E-state index contributed by atoms with van der Waals surface area (Å²) in [6, 6.07) is 6.60. The summed E-state index contributed by atoms with van der Waals surface area (Å²) in [5, 5.41) is 12.1. The number of carboxylic acid groups (broad SMARTS) is 1. The lowest BCUT2D eigenvalue weighted by Gasteiger charge is -2.04. The number of carbonyl (C=O) groups excluding carboxylic acids is 1. The van der Waals surface area contributed by atoms with E-state index in [-0.39, 0.29) is 6.61 Å². The van der Waals surface area contributed by atoms with E-state index < -0.39 is 17.5 Å². The predicted octanol–water partition coefficient (Wildman–Crippen LogP) is 2.28. The highest BCUT2D eigenvalue weighted by atomic mass is 35.5. The van der Waals surface area contributed by atoms with Gasteiger partial charge in [0.2, 0.25) is 0 Å². The van der Waals surface area contributed by atoms with Gasteiger partial charge in [-0.1, -0.05) is 11.6 Å². The Hall–Kier alpha value is -2.01. The molecular formula is C12H12ClNO4. The van der Waals surface area contributed by atoms with Crippen LogP contribution in [0.15, 0.2) is 36.0 Å². The van der Waals surface area contributed by atoms with Crippen molar-refractivity contribution >= 4 is 29.2 Å². The number of ether oxygens (including phenoxy) is 1. The molecule has 0 saturated carbocycles. The molecule has 6 heteroatoms. The highest BCUT2D eigenvalue weighted by Gasteiger charge is 2.18. The molecule has 0 bridgehead atoms. The fourth-order valence-electron chi connectivity index (χ4n) is 1.12.